The summed E-state index contributed by atoms with van der Waals surface area (Å²) >= 11 is 1.73. The number of nitrogens with zero attached hydrogens (tertiary/aromatic N) is 1. The van der Waals surface area contributed by atoms with Crippen LogP contribution < -0.4 is 0 Å². The van der Waals surface area contributed by atoms with Gasteiger partial charge in [-0.05, 0) is 30.7 Å². The zero-order valence-corrected chi connectivity index (χ0v) is 8.36. The summed E-state index contributed by atoms with van der Waals surface area (Å²) in [6, 6.07) is 4.31. The van der Waals surface area contributed by atoms with Gasteiger partial charge in [-0.25, -0.2) is 0 Å². The standard InChI is InChI=1S/C10H11NOS/c1-12-10(7-11)5-2-3-9-8(10)4-6-13-9/h4,6H,2-3,5H2,1H3. The number of rotatable bonds is 1. The number of thiophene rings is 1. The molecule has 0 N–H and O–H groups in total. The zero-order valence-electron chi connectivity index (χ0n) is 7.54. The van der Waals surface area contributed by atoms with Gasteiger partial charge in [0.25, 0.3) is 0 Å². The summed E-state index contributed by atoms with van der Waals surface area (Å²) in [6.45, 7) is 0. The molecule has 1 aromatic rings. The molecule has 0 bridgehead atoms. The fraction of sp³-hybridized carbons (Fsp3) is 0.500. The molecule has 0 fully saturated rings. The summed E-state index contributed by atoms with van der Waals surface area (Å²) in [7, 11) is 1.62. The van der Waals surface area contributed by atoms with Crippen LogP contribution in [0, 0.1) is 11.3 Å². The molecule has 1 aliphatic carbocycles. The quantitative estimate of drug-likeness (QED) is 0.686. The number of aryl methyl sites for hydroxylation is 1. The average Bonchev–Trinajstić information content (AvgIpc) is 2.65. The molecule has 13 heavy (non-hydrogen) atoms. The van der Waals surface area contributed by atoms with E-state index >= 15 is 0 Å². The first-order valence-electron chi connectivity index (χ1n) is 4.35. The van der Waals surface area contributed by atoms with Gasteiger partial charge in [0, 0.05) is 17.6 Å². The molecule has 1 atom stereocenters. The Labute approximate surface area is 81.8 Å². The van der Waals surface area contributed by atoms with Crippen LogP contribution in [0.1, 0.15) is 23.3 Å². The van der Waals surface area contributed by atoms with Gasteiger partial charge in [-0.15, -0.1) is 11.3 Å². The second-order valence-corrected chi connectivity index (χ2v) is 4.25. The van der Waals surface area contributed by atoms with Gasteiger partial charge in [-0.3, -0.25) is 0 Å². The Morgan fingerprint density at radius 1 is 1.69 bits per heavy atom. The van der Waals surface area contributed by atoms with Crippen molar-refractivity contribution in [3.8, 4) is 6.07 Å². The molecule has 0 saturated carbocycles. The molecule has 1 unspecified atom stereocenters. The van der Waals surface area contributed by atoms with E-state index in [9.17, 15) is 0 Å². The van der Waals surface area contributed by atoms with E-state index in [0.717, 1.165) is 24.8 Å². The lowest BCUT2D eigenvalue weighted by Crippen LogP contribution is -2.30. The van der Waals surface area contributed by atoms with Crippen LogP contribution in [-0.2, 0) is 16.8 Å². The van der Waals surface area contributed by atoms with Crippen LogP contribution in [0.5, 0.6) is 0 Å². The summed E-state index contributed by atoms with van der Waals surface area (Å²) in [4.78, 5) is 1.31. The Hall–Kier alpha value is -0.850. The molecule has 68 valence electrons. The minimum Gasteiger partial charge on any atom is -0.359 e. The molecule has 0 saturated heterocycles. The van der Waals surface area contributed by atoms with E-state index in [1.54, 1.807) is 18.4 Å². The van der Waals surface area contributed by atoms with Gasteiger partial charge in [0.1, 0.15) is 6.07 Å². The molecular weight excluding hydrogens is 182 g/mol. The normalized spacial score (nSPS) is 26.5. The second kappa shape index (κ2) is 3.13. The van der Waals surface area contributed by atoms with Crippen LogP contribution in [-0.4, -0.2) is 7.11 Å². The van der Waals surface area contributed by atoms with E-state index in [1.807, 2.05) is 11.4 Å². The summed E-state index contributed by atoms with van der Waals surface area (Å²) in [6.07, 6.45) is 2.97. The van der Waals surface area contributed by atoms with Gasteiger partial charge in [-0.1, -0.05) is 0 Å². The summed E-state index contributed by atoms with van der Waals surface area (Å²) in [5, 5.41) is 11.2. The van der Waals surface area contributed by atoms with Crippen molar-refractivity contribution in [1.29, 1.82) is 5.26 Å². The third kappa shape index (κ3) is 1.18. The van der Waals surface area contributed by atoms with Crippen molar-refractivity contribution < 1.29 is 4.74 Å². The number of ether oxygens (including phenoxy) is 1. The lowest BCUT2D eigenvalue weighted by atomic mass is 9.84. The maximum Gasteiger partial charge on any atom is 0.180 e. The number of hydrogen-bond acceptors (Lipinski definition) is 3. The molecule has 0 radical (unpaired) electrons. The van der Waals surface area contributed by atoms with E-state index in [4.69, 9.17) is 10.00 Å². The van der Waals surface area contributed by atoms with Crippen LogP contribution in [0.25, 0.3) is 0 Å². The van der Waals surface area contributed by atoms with Crippen LogP contribution in [0.4, 0.5) is 0 Å². The zero-order chi connectivity index (χ0) is 9.31. The first kappa shape index (κ1) is 8.74. The van der Waals surface area contributed by atoms with Crippen LogP contribution in [0.3, 0.4) is 0 Å². The van der Waals surface area contributed by atoms with Gasteiger partial charge in [0.15, 0.2) is 5.60 Å². The Kier molecular flexibility index (Phi) is 2.10. The van der Waals surface area contributed by atoms with Crippen LogP contribution >= 0.6 is 11.3 Å². The fourth-order valence-electron chi connectivity index (χ4n) is 1.90. The van der Waals surface area contributed by atoms with E-state index in [0.29, 0.717) is 0 Å². The maximum absolute atomic E-state index is 9.14. The Morgan fingerprint density at radius 2 is 2.54 bits per heavy atom. The first-order valence-corrected chi connectivity index (χ1v) is 5.23. The van der Waals surface area contributed by atoms with Crippen molar-refractivity contribution >= 4 is 11.3 Å². The molecule has 2 rings (SSSR count). The van der Waals surface area contributed by atoms with E-state index in [1.165, 1.54) is 4.88 Å². The number of nitriles is 1. The van der Waals surface area contributed by atoms with Crippen LogP contribution in [0.15, 0.2) is 11.4 Å². The van der Waals surface area contributed by atoms with Gasteiger partial charge in [0.2, 0.25) is 0 Å². The monoisotopic (exact) mass is 193 g/mol. The summed E-state index contributed by atoms with van der Waals surface area (Å²) in [5.74, 6) is 0. The molecule has 0 aliphatic heterocycles. The number of hydrogen-bond donors (Lipinski definition) is 0. The average molecular weight is 193 g/mol. The highest BCUT2D eigenvalue weighted by Gasteiger charge is 2.37. The smallest absolute Gasteiger partial charge is 0.180 e. The highest BCUT2D eigenvalue weighted by Crippen LogP contribution is 2.39. The van der Waals surface area contributed by atoms with E-state index in [2.05, 4.69) is 6.07 Å². The Morgan fingerprint density at radius 3 is 3.23 bits per heavy atom. The number of fused-ring (bicyclic) bond motifs is 1. The lowest BCUT2D eigenvalue weighted by Gasteiger charge is -2.29. The number of methoxy groups -OCH3 is 1. The minimum atomic E-state index is -0.659. The van der Waals surface area contributed by atoms with Gasteiger partial charge >= 0.3 is 0 Å². The molecule has 1 heterocycles. The molecule has 0 spiro atoms. The van der Waals surface area contributed by atoms with Crippen LogP contribution in [0.2, 0.25) is 0 Å². The van der Waals surface area contributed by atoms with E-state index < -0.39 is 5.60 Å². The Bertz CT molecular complexity index is 352. The van der Waals surface area contributed by atoms with Crippen molar-refractivity contribution in [3.05, 3.63) is 21.9 Å². The largest absolute Gasteiger partial charge is 0.359 e. The predicted molar refractivity (Wildman–Crippen MR) is 51.6 cm³/mol. The summed E-state index contributed by atoms with van der Waals surface area (Å²) in [5.41, 5.74) is 0.432. The molecule has 1 aliphatic rings. The Balaban J connectivity index is 2.51. The third-order valence-corrected chi connectivity index (χ3v) is 3.62. The second-order valence-electron chi connectivity index (χ2n) is 3.25. The molecular formula is C10H11NOS. The SMILES string of the molecule is COC1(C#N)CCCc2sccc21. The molecule has 1 aromatic heterocycles. The van der Waals surface area contributed by atoms with Gasteiger partial charge in [0.05, 0.1) is 0 Å². The highest BCUT2D eigenvalue weighted by molar-refractivity contribution is 7.10. The molecule has 0 amide bonds. The van der Waals surface area contributed by atoms with Crippen molar-refractivity contribution in [3.63, 3.8) is 0 Å². The fourth-order valence-corrected chi connectivity index (χ4v) is 2.89. The topological polar surface area (TPSA) is 33.0 Å². The highest BCUT2D eigenvalue weighted by atomic mass is 32.1. The van der Waals surface area contributed by atoms with Crippen molar-refractivity contribution in [2.75, 3.05) is 7.11 Å². The molecule has 2 nitrogen and oxygen atoms in total. The van der Waals surface area contributed by atoms with Gasteiger partial charge in [-0.2, -0.15) is 5.26 Å². The predicted octanol–water partition coefficient (Wildman–Crippen LogP) is 2.45. The van der Waals surface area contributed by atoms with Gasteiger partial charge < -0.3 is 4.74 Å². The van der Waals surface area contributed by atoms with Crippen molar-refractivity contribution in [2.45, 2.75) is 24.9 Å². The summed E-state index contributed by atoms with van der Waals surface area (Å²) < 4.78 is 5.36. The van der Waals surface area contributed by atoms with E-state index in [-0.39, 0.29) is 0 Å². The van der Waals surface area contributed by atoms with Crippen molar-refractivity contribution in [2.24, 2.45) is 0 Å². The first-order chi connectivity index (χ1) is 6.32. The van der Waals surface area contributed by atoms with Crippen molar-refractivity contribution in [1.82, 2.24) is 0 Å². The lowest BCUT2D eigenvalue weighted by molar-refractivity contribution is 0.0220. The maximum atomic E-state index is 9.14. The minimum absolute atomic E-state index is 0.659. The molecule has 0 aromatic carbocycles. The molecule has 3 heteroatoms. The third-order valence-electron chi connectivity index (χ3n) is 2.64.